The molecule has 0 amide bonds. The standard InChI is InChI=1S/C25H30BNO4/c1-24(2,28)25(3,4)31-26-21-15-16-22(29-17-19-11-7-5-8-12-19)27-23(21)30-18-20-13-9-6-10-14-20/h5-16,26,28H,17-18H2,1-4H3. The Bertz CT molecular complexity index is 956. The molecule has 0 aliphatic rings. The molecular formula is C25H30BNO4. The Labute approximate surface area is 185 Å². The van der Waals surface area contributed by atoms with Crippen LogP contribution in [0.25, 0.3) is 0 Å². The maximum absolute atomic E-state index is 10.4. The van der Waals surface area contributed by atoms with Crippen molar-refractivity contribution in [1.29, 1.82) is 0 Å². The molecule has 0 saturated carbocycles. The van der Waals surface area contributed by atoms with E-state index in [1.54, 1.807) is 13.8 Å². The predicted octanol–water partition coefficient (Wildman–Crippen LogP) is 3.78. The summed E-state index contributed by atoms with van der Waals surface area (Å²) in [5.74, 6) is 0.943. The van der Waals surface area contributed by atoms with E-state index >= 15 is 0 Å². The fourth-order valence-electron chi connectivity index (χ4n) is 2.66. The Morgan fingerprint density at radius 2 is 1.32 bits per heavy atom. The molecule has 1 heterocycles. The number of aliphatic hydroxyl groups is 1. The maximum Gasteiger partial charge on any atom is 0.315 e. The summed E-state index contributed by atoms with van der Waals surface area (Å²) in [7, 11) is 0.257. The lowest BCUT2D eigenvalue weighted by Crippen LogP contribution is -2.49. The van der Waals surface area contributed by atoms with E-state index in [4.69, 9.17) is 14.1 Å². The van der Waals surface area contributed by atoms with Crippen LogP contribution >= 0.6 is 0 Å². The Balaban J connectivity index is 1.75. The van der Waals surface area contributed by atoms with Crippen LogP contribution in [-0.4, -0.2) is 28.8 Å². The molecule has 5 nitrogen and oxygen atoms in total. The molecule has 0 fully saturated rings. The fraction of sp³-hybridized carbons (Fsp3) is 0.320. The van der Waals surface area contributed by atoms with Crippen molar-refractivity contribution in [1.82, 2.24) is 4.98 Å². The average Bonchev–Trinajstić information content (AvgIpc) is 2.76. The Kier molecular flexibility index (Phi) is 7.36. The number of benzene rings is 2. The molecule has 6 heteroatoms. The van der Waals surface area contributed by atoms with Crippen LogP contribution in [0.2, 0.25) is 0 Å². The van der Waals surface area contributed by atoms with E-state index in [0.29, 0.717) is 25.0 Å². The molecule has 0 unspecified atom stereocenters. The highest BCUT2D eigenvalue weighted by molar-refractivity contribution is 6.48. The Hall–Kier alpha value is -2.83. The highest BCUT2D eigenvalue weighted by Crippen LogP contribution is 2.25. The molecule has 0 aliphatic heterocycles. The van der Waals surface area contributed by atoms with Crippen molar-refractivity contribution in [2.45, 2.75) is 52.1 Å². The van der Waals surface area contributed by atoms with Gasteiger partial charge < -0.3 is 19.2 Å². The molecule has 3 rings (SSSR count). The molecule has 0 aliphatic carbocycles. The second-order valence-corrected chi connectivity index (χ2v) is 8.52. The fourth-order valence-corrected chi connectivity index (χ4v) is 2.66. The lowest BCUT2D eigenvalue weighted by molar-refractivity contribution is -0.0893. The molecule has 0 radical (unpaired) electrons. The number of ether oxygens (including phenoxy) is 2. The van der Waals surface area contributed by atoms with Crippen LogP contribution in [0.1, 0.15) is 38.8 Å². The van der Waals surface area contributed by atoms with Crippen molar-refractivity contribution in [3.63, 3.8) is 0 Å². The van der Waals surface area contributed by atoms with Crippen molar-refractivity contribution in [2.24, 2.45) is 0 Å². The Morgan fingerprint density at radius 3 is 1.87 bits per heavy atom. The number of hydrogen-bond acceptors (Lipinski definition) is 5. The molecule has 0 atom stereocenters. The maximum atomic E-state index is 10.4. The smallest absolute Gasteiger partial charge is 0.315 e. The van der Waals surface area contributed by atoms with Gasteiger partial charge in [0, 0.05) is 11.5 Å². The first-order valence-electron chi connectivity index (χ1n) is 10.4. The van der Waals surface area contributed by atoms with Gasteiger partial charge in [-0.1, -0.05) is 66.7 Å². The molecule has 0 saturated heterocycles. The van der Waals surface area contributed by atoms with Crippen LogP contribution in [0.5, 0.6) is 11.8 Å². The van der Waals surface area contributed by atoms with Crippen molar-refractivity contribution in [2.75, 3.05) is 0 Å². The summed E-state index contributed by atoms with van der Waals surface area (Å²) in [6.45, 7) is 8.01. The number of nitrogens with zero attached hydrogens (tertiary/aromatic N) is 1. The van der Waals surface area contributed by atoms with Gasteiger partial charge in [0.1, 0.15) is 13.2 Å². The van der Waals surface area contributed by atoms with Crippen molar-refractivity contribution in [3.05, 3.63) is 83.9 Å². The summed E-state index contributed by atoms with van der Waals surface area (Å²) in [5, 5.41) is 10.4. The van der Waals surface area contributed by atoms with Gasteiger partial charge in [0.15, 0.2) is 0 Å². The van der Waals surface area contributed by atoms with Crippen LogP contribution < -0.4 is 14.9 Å². The number of pyridine rings is 1. The predicted molar refractivity (Wildman–Crippen MR) is 124 cm³/mol. The highest BCUT2D eigenvalue weighted by Gasteiger charge is 2.36. The van der Waals surface area contributed by atoms with E-state index in [-0.39, 0.29) is 7.48 Å². The summed E-state index contributed by atoms with van der Waals surface area (Å²) in [4.78, 5) is 4.58. The van der Waals surface area contributed by atoms with Gasteiger partial charge in [-0.25, -0.2) is 0 Å². The largest absolute Gasteiger partial charge is 0.473 e. The van der Waals surface area contributed by atoms with Crippen LogP contribution in [0.4, 0.5) is 0 Å². The minimum atomic E-state index is -0.996. The first-order chi connectivity index (χ1) is 14.7. The second kappa shape index (κ2) is 9.99. The van der Waals surface area contributed by atoms with Gasteiger partial charge in [-0.2, -0.15) is 4.98 Å². The van der Waals surface area contributed by atoms with Gasteiger partial charge in [0.2, 0.25) is 11.8 Å². The third-order valence-electron chi connectivity index (χ3n) is 5.42. The molecular weight excluding hydrogens is 389 g/mol. The number of hydrogen-bond donors (Lipinski definition) is 1. The molecule has 162 valence electrons. The van der Waals surface area contributed by atoms with E-state index in [2.05, 4.69) is 4.98 Å². The van der Waals surface area contributed by atoms with E-state index in [0.717, 1.165) is 16.6 Å². The molecule has 1 N–H and O–H groups in total. The van der Waals surface area contributed by atoms with Crippen molar-refractivity contribution < 1.29 is 19.2 Å². The summed E-state index contributed by atoms with van der Waals surface area (Å²) < 4.78 is 17.9. The molecule has 1 aromatic heterocycles. The van der Waals surface area contributed by atoms with Gasteiger partial charge >= 0.3 is 7.48 Å². The summed E-state index contributed by atoms with van der Waals surface area (Å²) in [5.41, 5.74) is 1.16. The molecule has 3 aromatic rings. The highest BCUT2D eigenvalue weighted by atomic mass is 16.5. The quantitative estimate of drug-likeness (QED) is 0.507. The molecule has 31 heavy (non-hydrogen) atoms. The first-order valence-corrected chi connectivity index (χ1v) is 10.4. The normalized spacial score (nSPS) is 11.8. The topological polar surface area (TPSA) is 60.8 Å². The van der Waals surface area contributed by atoms with Crippen LogP contribution in [0, 0.1) is 0 Å². The van der Waals surface area contributed by atoms with E-state index in [1.807, 2.05) is 86.6 Å². The molecule has 0 spiro atoms. The van der Waals surface area contributed by atoms with Crippen molar-refractivity contribution in [3.8, 4) is 11.8 Å². The van der Waals surface area contributed by atoms with Crippen LogP contribution in [0.3, 0.4) is 0 Å². The summed E-state index contributed by atoms with van der Waals surface area (Å²) in [6.07, 6.45) is 0. The third kappa shape index (κ3) is 6.58. The Morgan fingerprint density at radius 1 is 0.774 bits per heavy atom. The van der Waals surface area contributed by atoms with Gasteiger partial charge in [-0.05, 0) is 38.8 Å². The number of rotatable bonds is 10. The van der Waals surface area contributed by atoms with Gasteiger partial charge in [-0.15, -0.1) is 0 Å². The van der Waals surface area contributed by atoms with Crippen LogP contribution in [-0.2, 0) is 17.9 Å². The summed E-state index contributed by atoms with van der Waals surface area (Å²) in [6, 6.07) is 23.6. The first kappa shape index (κ1) is 22.9. The zero-order valence-electron chi connectivity index (χ0n) is 18.7. The van der Waals surface area contributed by atoms with E-state index < -0.39 is 11.2 Å². The summed E-state index contributed by atoms with van der Waals surface area (Å²) >= 11 is 0. The lowest BCUT2D eigenvalue weighted by atomic mass is 9.83. The van der Waals surface area contributed by atoms with Gasteiger partial charge in [-0.3, -0.25) is 0 Å². The molecule has 0 bridgehead atoms. The van der Waals surface area contributed by atoms with Crippen LogP contribution in [0.15, 0.2) is 72.8 Å². The minimum Gasteiger partial charge on any atom is -0.473 e. The monoisotopic (exact) mass is 419 g/mol. The zero-order valence-corrected chi connectivity index (χ0v) is 18.7. The number of aromatic nitrogens is 1. The SMILES string of the molecule is CC(C)(O)C(C)(C)OBc1ccc(OCc2ccccc2)nc1OCc1ccccc1. The van der Waals surface area contributed by atoms with E-state index in [9.17, 15) is 5.11 Å². The lowest BCUT2D eigenvalue weighted by Gasteiger charge is -2.37. The van der Waals surface area contributed by atoms with Crippen molar-refractivity contribution >= 4 is 12.9 Å². The third-order valence-corrected chi connectivity index (χ3v) is 5.42. The van der Waals surface area contributed by atoms with Gasteiger partial charge in [0.25, 0.3) is 0 Å². The van der Waals surface area contributed by atoms with E-state index in [1.165, 1.54) is 0 Å². The molecule has 2 aromatic carbocycles. The average molecular weight is 419 g/mol. The van der Waals surface area contributed by atoms with Gasteiger partial charge in [0.05, 0.1) is 11.2 Å². The zero-order chi connectivity index (χ0) is 22.3. The minimum absolute atomic E-state index is 0.257. The second-order valence-electron chi connectivity index (χ2n) is 8.52.